The summed E-state index contributed by atoms with van der Waals surface area (Å²) in [4.78, 5) is 3.92. The molecule has 0 saturated heterocycles. The van der Waals surface area contributed by atoms with E-state index in [9.17, 15) is 8.78 Å². The second-order valence-electron chi connectivity index (χ2n) is 3.87. The molecule has 19 heavy (non-hydrogen) atoms. The fraction of sp³-hybridized carbons (Fsp3) is 0. The van der Waals surface area contributed by atoms with Crippen LogP contribution in [0.1, 0.15) is 5.56 Å². The van der Waals surface area contributed by atoms with Crippen LogP contribution in [0, 0.1) is 23.0 Å². The molecule has 0 aliphatic carbocycles. The van der Waals surface area contributed by atoms with Crippen LogP contribution in [-0.4, -0.2) is 14.6 Å². The molecule has 0 atom stereocenters. The molecule has 2 heterocycles. The summed E-state index contributed by atoms with van der Waals surface area (Å²) in [5.74, 6) is -1.29. The minimum Gasteiger partial charge on any atom is -0.215 e. The number of aromatic nitrogens is 3. The molecule has 0 N–H and O–H groups in total. The fourth-order valence-electron chi connectivity index (χ4n) is 1.88. The number of pyridine rings is 1. The molecule has 0 fully saturated rings. The fourth-order valence-corrected chi connectivity index (χ4v) is 1.88. The van der Waals surface area contributed by atoms with Crippen LogP contribution in [0.15, 0.2) is 36.7 Å². The second kappa shape index (κ2) is 4.14. The molecule has 0 saturated carbocycles. The second-order valence-corrected chi connectivity index (χ2v) is 3.87. The molecule has 92 valence electrons. The van der Waals surface area contributed by atoms with Gasteiger partial charge in [-0.2, -0.15) is 10.4 Å². The van der Waals surface area contributed by atoms with Crippen LogP contribution in [0.5, 0.6) is 0 Å². The van der Waals surface area contributed by atoms with E-state index in [1.54, 1.807) is 0 Å². The Morgan fingerprint density at radius 2 is 1.95 bits per heavy atom. The van der Waals surface area contributed by atoms with Gasteiger partial charge in [-0.05, 0) is 30.3 Å². The van der Waals surface area contributed by atoms with Gasteiger partial charge in [-0.25, -0.2) is 18.3 Å². The van der Waals surface area contributed by atoms with Crippen LogP contribution >= 0.6 is 0 Å². The van der Waals surface area contributed by atoms with E-state index < -0.39 is 11.6 Å². The summed E-state index contributed by atoms with van der Waals surface area (Å²) in [5, 5.41) is 12.6. The smallest absolute Gasteiger partial charge is 0.156 e. The Labute approximate surface area is 106 Å². The van der Waals surface area contributed by atoms with Gasteiger partial charge in [0, 0.05) is 5.56 Å². The van der Waals surface area contributed by atoms with Crippen molar-refractivity contribution in [3.63, 3.8) is 0 Å². The molecule has 2 aromatic heterocycles. The summed E-state index contributed by atoms with van der Waals surface area (Å²) in [6, 6.07) is 8.32. The quantitative estimate of drug-likeness (QED) is 0.672. The molecule has 0 aliphatic rings. The lowest BCUT2D eigenvalue weighted by Gasteiger charge is -2.07. The highest BCUT2D eigenvalue weighted by Gasteiger charge is 2.15. The molecule has 0 spiro atoms. The molecule has 0 radical (unpaired) electrons. The van der Waals surface area contributed by atoms with E-state index in [1.165, 1.54) is 35.1 Å². The maximum Gasteiger partial charge on any atom is 0.156 e. The largest absolute Gasteiger partial charge is 0.215 e. The SMILES string of the molecule is N#Cc1ccc(-c2c(F)ccc3ncnn23)c(F)c1. The summed E-state index contributed by atoms with van der Waals surface area (Å²) < 4.78 is 29.1. The maximum atomic E-state index is 14.0. The third-order valence-electron chi connectivity index (χ3n) is 2.74. The number of halogens is 2. The average molecular weight is 256 g/mol. The minimum absolute atomic E-state index is 0.0167. The van der Waals surface area contributed by atoms with E-state index in [2.05, 4.69) is 10.1 Å². The van der Waals surface area contributed by atoms with Crippen molar-refractivity contribution in [2.45, 2.75) is 0 Å². The summed E-state index contributed by atoms with van der Waals surface area (Å²) >= 11 is 0. The number of nitriles is 1. The predicted molar refractivity (Wildman–Crippen MR) is 63.1 cm³/mol. The molecule has 6 heteroatoms. The Morgan fingerprint density at radius 1 is 1.11 bits per heavy atom. The van der Waals surface area contributed by atoms with Gasteiger partial charge in [0.15, 0.2) is 5.65 Å². The predicted octanol–water partition coefficient (Wildman–Crippen LogP) is 2.55. The van der Waals surface area contributed by atoms with Gasteiger partial charge in [-0.3, -0.25) is 0 Å². The number of nitrogens with zero attached hydrogens (tertiary/aromatic N) is 4. The highest BCUT2D eigenvalue weighted by molar-refractivity contribution is 5.65. The van der Waals surface area contributed by atoms with E-state index in [-0.39, 0.29) is 16.8 Å². The molecule has 4 nitrogen and oxygen atoms in total. The minimum atomic E-state index is -0.680. The Balaban J connectivity index is 2.33. The first-order valence-electron chi connectivity index (χ1n) is 5.39. The van der Waals surface area contributed by atoms with Crippen LogP contribution in [0.4, 0.5) is 8.78 Å². The molecule has 0 aliphatic heterocycles. The number of fused-ring (bicyclic) bond motifs is 1. The van der Waals surface area contributed by atoms with Crippen LogP contribution in [0.2, 0.25) is 0 Å². The normalized spacial score (nSPS) is 10.6. The van der Waals surface area contributed by atoms with Gasteiger partial charge >= 0.3 is 0 Å². The van der Waals surface area contributed by atoms with E-state index in [0.29, 0.717) is 5.65 Å². The molecule has 0 amide bonds. The highest BCUT2D eigenvalue weighted by Crippen LogP contribution is 2.26. The summed E-state index contributed by atoms with van der Waals surface area (Å²) in [7, 11) is 0. The van der Waals surface area contributed by atoms with Crippen molar-refractivity contribution in [2.75, 3.05) is 0 Å². The standard InChI is InChI=1S/C13H6F2N4/c14-10-3-4-12-17-7-18-19(12)13(10)9-2-1-8(6-16)5-11(9)15/h1-5,7H. The summed E-state index contributed by atoms with van der Waals surface area (Å²) in [6.07, 6.45) is 1.26. The molecular formula is C13H6F2N4. The van der Waals surface area contributed by atoms with Gasteiger partial charge in [0.2, 0.25) is 0 Å². The molecular weight excluding hydrogens is 250 g/mol. The Kier molecular flexibility index (Phi) is 2.46. The molecule has 0 unspecified atom stereocenters. The number of rotatable bonds is 1. The van der Waals surface area contributed by atoms with Crippen molar-refractivity contribution in [3.05, 3.63) is 53.9 Å². The van der Waals surface area contributed by atoms with Crippen molar-refractivity contribution < 1.29 is 8.78 Å². The lowest BCUT2D eigenvalue weighted by Crippen LogP contribution is -2.00. The molecule has 0 bridgehead atoms. The van der Waals surface area contributed by atoms with Gasteiger partial charge in [0.05, 0.1) is 11.6 Å². The third-order valence-corrected chi connectivity index (χ3v) is 2.74. The Morgan fingerprint density at radius 3 is 2.68 bits per heavy atom. The summed E-state index contributed by atoms with van der Waals surface area (Å²) in [5.41, 5.74) is 0.608. The number of hydrogen-bond acceptors (Lipinski definition) is 3. The van der Waals surface area contributed by atoms with Gasteiger partial charge in [-0.15, -0.1) is 0 Å². The van der Waals surface area contributed by atoms with Crippen molar-refractivity contribution in [1.29, 1.82) is 5.26 Å². The monoisotopic (exact) mass is 256 g/mol. The third kappa shape index (κ3) is 1.72. The van der Waals surface area contributed by atoms with Gasteiger partial charge < -0.3 is 0 Å². The highest BCUT2D eigenvalue weighted by atomic mass is 19.1. The first-order valence-corrected chi connectivity index (χ1v) is 5.39. The Hall–Kier alpha value is -2.81. The van der Waals surface area contributed by atoms with Gasteiger partial charge in [0.1, 0.15) is 23.7 Å². The number of benzene rings is 1. The lowest BCUT2D eigenvalue weighted by molar-refractivity contribution is 0.606. The van der Waals surface area contributed by atoms with Crippen LogP contribution < -0.4 is 0 Å². The van der Waals surface area contributed by atoms with Gasteiger partial charge in [-0.1, -0.05) is 0 Å². The van der Waals surface area contributed by atoms with E-state index in [0.717, 1.165) is 6.07 Å². The van der Waals surface area contributed by atoms with E-state index in [4.69, 9.17) is 5.26 Å². The zero-order valence-electron chi connectivity index (χ0n) is 9.51. The maximum absolute atomic E-state index is 14.0. The van der Waals surface area contributed by atoms with Crippen LogP contribution in [-0.2, 0) is 0 Å². The molecule has 3 aromatic rings. The van der Waals surface area contributed by atoms with Crippen molar-refractivity contribution in [1.82, 2.24) is 14.6 Å². The van der Waals surface area contributed by atoms with Crippen molar-refractivity contribution in [2.24, 2.45) is 0 Å². The van der Waals surface area contributed by atoms with Crippen LogP contribution in [0.25, 0.3) is 16.9 Å². The zero-order chi connectivity index (χ0) is 13.4. The summed E-state index contributed by atoms with van der Waals surface area (Å²) in [6.45, 7) is 0. The van der Waals surface area contributed by atoms with Gasteiger partial charge in [0.25, 0.3) is 0 Å². The van der Waals surface area contributed by atoms with E-state index >= 15 is 0 Å². The van der Waals surface area contributed by atoms with Crippen molar-refractivity contribution in [3.8, 4) is 17.3 Å². The van der Waals surface area contributed by atoms with Crippen LogP contribution in [0.3, 0.4) is 0 Å². The first kappa shape index (κ1) is 11.3. The molecule has 3 rings (SSSR count). The van der Waals surface area contributed by atoms with E-state index in [1.807, 2.05) is 6.07 Å². The molecule has 1 aromatic carbocycles. The lowest BCUT2D eigenvalue weighted by atomic mass is 10.1. The number of hydrogen-bond donors (Lipinski definition) is 0. The topological polar surface area (TPSA) is 54.0 Å². The first-order chi connectivity index (χ1) is 9.20. The van der Waals surface area contributed by atoms with Crippen molar-refractivity contribution >= 4 is 5.65 Å². The zero-order valence-corrected chi connectivity index (χ0v) is 9.51. The Bertz CT molecular complexity index is 817. The average Bonchev–Trinajstić information content (AvgIpc) is 2.88.